The van der Waals surface area contributed by atoms with Gasteiger partial charge in [-0.1, -0.05) is 41.9 Å². The Morgan fingerprint density at radius 2 is 2.05 bits per heavy atom. The number of rotatable bonds is 3. The van der Waals surface area contributed by atoms with E-state index in [-0.39, 0.29) is 11.8 Å². The molecule has 1 heterocycles. The molecule has 0 unspecified atom stereocenters. The van der Waals surface area contributed by atoms with Crippen molar-refractivity contribution in [3.63, 3.8) is 0 Å². The minimum Gasteiger partial charge on any atom is -0.444 e. The van der Waals surface area contributed by atoms with Gasteiger partial charge < -0.3 is 4.74 Å². The second-order valence-corrected chi connectivity index (χ2v) is 4.89. The van der Waals surface area contributed by atoms with Gasteiger partial charge in [-0.05, 0) is 33.6 Å². The van der Waals surface area contributed by atoms with Crippen LogP contribution in [0.4, 0.5) is 10.5 Å². The molecule has 0 saturated carbocycles. The SMILES string of the molecule is O=C(Nc1cc(Cl)nc(Br)c1)OCc1ccccc1. The van der Waals surface area contributed by atoms with Gasteiger partial charge in [0, 0.05) is 5.69 Å². The zero-order valence-electron chi connectivity index (χ0n) is 9.77. The first kappa shape index (κ1) is 13.8. The van der Waals surface area contributed by atoms with Crippen LogP contribution in [-0.2, 0) is 11.3 Å². The zero-order valence-corrected chi connectivity index (χ0v) is 12.1. The van der Waals surface area contributed by atoms with Crippen LogP contribution in [0.2, 0.25) is 5.15 Å². The first-order valence-corrected chi connectivity index (χ1v) is 6.61. The minimum absolute atomic E-state index is 0.215. The Labute approximate surface area is 123 Å². The number of aromatic nitrogens is 1. The number of halogens is 2. The highest BCUT2D eigenvalue weighted by atomic mass is 79.9. The van der Waals surface area contributed by atoms with E-state index in [1.165, 1.54) is 6.07 Å². The normalized spacial score (nSPS) is 10.0. The van der Waals surface area contributed by atoms with Crippen molar-refractivity contribution in [3.8, 4) is 0 Å². The van der Waals surface area contributed by atoms with E-state index in [0.717, 1.165) is 5.56 Å². The first-order valence-electron chi connectivity index (χ1n) is 5.44. The molecule has 0 radical (unpaired) electrons. The molecule has 1 aromatic heterocycles. The lowest BCUT2D eigenvalue weighted by Gasteiger charge is -2.07. The van der Waals surface area contributed by atoms with Crippen LogP contribution in [0.25, 0.3) is 0 Å². The topological polar surface area (TPSA) is 51.2 Å². The molecule has 6 heteroatoms. The Morgan fingerprint density at radius 1 is 1.32 bits per heavy atom. The number of anilines is 1. The number of hydrogen-bond donors (Lipinski definition) is 1. The fourth-order valence-electron chi connectivity index (χ4n) is 1.41. The molecular formula is C13H10BrClN2O2. The predicted octanol–water partition coefficient (Wildman–Crippen LogP) is 4.25. The lowest BCUT2D eigenvalue weighted by atomic mass is 10.2. The van der Waals surface area contributed by atoms with Crippen molar-refractivity contribution in [2.75, 3.05) is 5.32 Å². The maximum absolute atomic E-state index is 11.6. The van der Waals surface area contributed by atoms with Gasteiger partial charge in [0.05, 0.1) is 0 Å². The number of carbonyl (C=O) groups excluding carboxylic acids is 1. The van der Waals surface area contributed by atoms with E-state index >= 15 is 0 Å². The Hall–Kier alpha value is -1.59. The van der Waals surface area contributed by atoms with Crippen molar-refractivity contribution in [1.82, 2.24) is 4.98 Å². The summed E-state index contributed by atoms with van der Waals surface area (Å²) in [5, 5.41) is 2.86. The molecule has 0 aliphatic rings. The molecule has 0 bridgehead atoms. The zero-order chi connectivity index (χ0) is 13.7. The molecule has 19 heavy (non-hydrogen) atoms. The first-order chi connectivity index (χ1) is 9.13. The van der Waals surface area contributed by atoms with E-state index in [1.807, 2.05) is 30.3 Å². The largest absolute Gasteiger partial charge is 0.444 e. The average Bonchev–Trinajstić information content (AvgIpc) is 2.36. The van der Waals surface area contributed by atoms with E-state index in [1.54, 1.807) is 6.07 Å². The third kappa shape index (κ3) is 4.54. The Morgan fingerprint density at radius 3 is 2.74 bits per heavy atom. The van der Waals surface area contributed by atoms with Crippen LogP contribution in [-0.4, -0.2) is 11.1 Å². The van der Waals surface area contributed by atoms with E-state index < -0.39 is 6.09 Å². The van der Waals surface area contributed by atoms with Crippen LogP contribution in [0, 0.1) is 0 Å². The number of carbonyl (C=O) groups is 1. The van der Waals surface area contributed by atoms with Crippen LogP contribution in [0.1, 0.15) is 5.56 Å². The van der Waals surface area contributed by atoms with Gasteiger partial charge in [-0.3, -0.25) is 5.32 Å². The van der Waals surface area contributed by atoms with Crippen LogP contribution in [0.15, 0.2) is 47.1 Å². The maximum Gasteiger partial charge on any atom is 0.411 e. The van der Waals surface area contributed by atoms with Gasteiger partial charge in [0.25, 0.3) is 0 Å². The number of ether oxygens (including phenoxy) is 1. The second kappa shape index (κ2) is 6.54. The van der Waals surface area contributed by atoms with Gasteiger partial charge in [-0.15, -0.1) is 0 Å². The molecule has 2 aromatic rings. The summed E-state index contributed by atoms with van der Waals surface area (Å²) >= 11 is 8.96. The summed E-state index contributed by atoms with van der Waals surface area (Å²) in [5.74, 6) is 0. The van der Waals surface area contributed by atoms with Crippen molar-refractivity contribution in [3.05, 3.63) is 57.8 Å². The van der Waals surface area contributed by atoms with E-state index in [2.05, 4.69) is 26.2 Å². The van der Waals surface area contributed by atoms with Gasteiger partial charge in [0.1, 0.15) is 16.4 Å². The van der Waals surface area contributed by atoms with Crippen molar-refractivity contribution >= 4 is 39.3 Å². The molecule has 1 aromatic carbocycles. The van der Waals surface area contributed by atoms with Crippen LogP contribution < -0.4 is 5.32 Å². The molecular weight excluding hydrogens is 332 g/mol. The molecule has 98 valence electrons. The van der Waals surface area contributed by atoms with Crippen LogP contribution in [0.3, 0.4) is 0 Å². The fourth-order valence-corrected chi connectivity index (χ4v) is 2.16. The lowest BCUT2D eigenvalue weighted by molar-refractivity contribution is 0.155. The summed E-state index contributed by atoms with van der Waals surface area (Å²) in [6.45, 7) is 0.215. The van der Waals surface area contributed by atoms with Crippen molar-refractivity contribution < 1.29 is 9.53 Å². The van der Waals surface area contributed by atoms with E-state index in [9.17, 15) is 4.79 Å². The molecule has 0 aliphatic carbocycles. The molecule has 0 fully saturated rings. The molecule has 0 aliphatic heterocycles. The third-order valence-electron chi connectivity index (χ3n) is 2.22. The lowest BCUT2D eigenvalue weighted by Crippen LogP contribution is -2.13. The summed E-state index contributed by atoms with van der Waals surface area (Å²) in [7, 11) is 0. The number of hydrogen-bond acceptors (Lipinski definition) is 3. The van der Waals surface area contributed by atoms with Gasteiger partial charge in [-0.2, -0.15) is 0 Å². The Bertz CT molecular complexity index is 558. The average molecular weight is 342 g/mol. The van der Waals surface area contributed by atoms with Crippen LogP contribution in [0.5, 0.6) is 0 Å². The highest BCUT2D eigenvalue weighted by Crippen LogP contribution is 2.19. The smallest absolute Gasteiger partial charge is 0.411 e. The summed E-state index contributed by atoms with van der Waals surface area (Å²) in [5.41, 5.74) is 1.44. The van der Waals surface area contributed by atoms with Crippen molar-refractivity contribution in [1.29, 1.82) is 0 Å². The number of nitrogens with zero attached hydrogens (tertiary/aromatic N) is 1. The molecule has 2 rings (SSSR count). The summed E-state index contributed by atoms with van der Waals surface area (Å²) in [4.78, 5) is 15.5. The second-order valence-electron chi connectivity index (χ2n) is 3.69. The monoisotopic (exact) mass is 340 g/mol. The number of benzene rings is 1. The highest BCUT2D eigenvalue weighted by molar-refractivity contribution is 9.10. The van der Waals surface area contributed by atoms with Crippen molar-refractivity contribution in [2.45, 2.75) is 6.61 Å². The number of nitrogens with one attached hydrogen (secondary N) is 1. The fraction of sp³-hybridized carbons (Fsp3) is 0.0769. The Balaban J connectivity index is 1.91. The molecule has 0 spiro atoms. The standard InChI is InChI=1S/C13H10BrClN2O2/c14-11-6-10(7-12(15)17-11)16-13(18)19-8-9-4-2-1-3-5-9/h1-7H,8H2,(H,16,17,18). The summed E-state index contributed by atoms with van der Waals surface area (Å²) < 4.78 is 5.62. The van der Waals surface area contributed by atoms with E-state index in [4.69, 9.17) is 16.3 Å². The van der Waals surface area contributed by atoms with Gasteiger partial charge >= 0.3 is 6.09 Å². The molecule has 0 atom stereocenters. The maximum atomic E-state index is 11.6. The summed E-state index contributed by atoms with van der Waals surface area (Å²) in [6.07, 6.45) is -0.544. The number of amides is 1. The quantitative estimate of drug-likeness (QED) is 0.849. The summed E-state index contributed by atoms with van der Waals surface area (Å²) in [6, 6.07) is 12.6. The van der Waals surface area contributed by atoms with Gasteiger partial charge in [0.2, 0.25) is 0 Å². The Kier molecular flexibility index (Phi) is 4.76. The molecule has 1 N–H and O–H groups in total. The number of pyridine rings is 1. The molecule has 4 nitrogen and oxygen atoms in total. The third-order valence-corrected chi connectivity index (χ3v) is 2.82. The predicted molar refractivity (Wildman–Crippen MR) is 77.2 cm³/mol. The molecule has 1 amide bonds. The van der Waals surface area contributed by atoms with Crippen LogP contribution >= 0.6 is 27.5 Å². The van der Waals surface area contributed by atoms with E-state index in [0.29, 0.717) is 10.3 Å². The van der Waals surface area contributed by atoms with Gasteiger partial charge in [0.15, 0.2) is 0 Å². The van der Waals surface area contributed by atoms with Gasteiger partial charge in [-0.25, -0.2) is 9.78 Å². The molecule has 0 saturated heterocycles. The van der Waals surface area contributed by atoms with Crippen molar-refractivity contribution in [2.24, 2.45) is 0 Å². The highest BCUT2D eigenvalue weighted by Gasteiger charge is 2.05. The minimum atomic E-state index is -0.544.